The Bertz CT molecular complexity index is 815. The molecule has 0 spiro atoms. The van der Waals surface area contributed by atoms with Crippen molar-refractivity contribution in [2.45, 2.75) is 6.92 Å². The van der Waals surface area contributed by atoms with E-state index in [1.807, 2.05) is 12.1 Å². The van der Waals surface area contributed by atoms with E-state index in [2.05, 4.69) is 0 Å². The van der Waals surface area contributed by atoms with E-state index >= 15 is 0 Å². The third-order valence-corrected chi connectivity index (χ3v) is 3.62. The van der Waals surface area contributed by atoms with Crippen LogP contribution in [-0.4, -0.2) is 57.3 Å². The molecule has 0 aliphatic heterocycles. The van der Waals surface area contributed by atoms with Gasteiger partial charge in [0.25, 0.3) is 0 Å². The van der Waals surface area contributed by atoms with Crippen molar-refractivity contribution in [2.24, 2.45) is 0 Å². The summed E-state index contributed by atoms with van der Waals surface area (Å²) in [4.78, 5) is 26.7. The Balaban J connectivity index is 2.71. The first-order chi connectivity index (χ1) is 11.8. The van der Waals surface area contributed by atoms with Gasteiger partial charge in [0.05, 0.1) is 7.11 Å². The Morgan fingerprint density at radius 1 is 0.800 bits per heavy atom. The molecule has 0 radical (unpaired) electrons. The molecule has 0 aliphatic rings. The SMILES string of the molecule is COc1c(C)c(OC(=O)N(C)C)c2ccccc2c1OC(=O)N(C)C. The first-order valence-corrected chi connectivity index (χ1v) is 7.65. The van der Waals surface area contributed by atoms with Crippen molar-refractivity contribution in [3.63, 3.8) is 0 Å². The topological polar surface area (TPSA) is 68.3 Å². The van der Waals surface area contributed by atoms with Gasteiger partial charge in [-0.2, -0.15) is 0 Å². The minimum Gasteiger partial charge on any atom is -0.492 e. The van der Waals surface area contributed by atoms with Crippen molar-refractivity contribution in [1.29, 1.82) is 0 Å². The zero-order chi connectivity index (χ0) is 18.7. The molecule has 0 heterocycles. The van der Waals surface area contributed by atoms with Crippen LogP contribution in [0.1, 0.15) is 5.56 Å². The van der Waals surface area contributed by atoms with Crippen molar-refractivity contribution >= 4 is 23.0 Å². The second-order valence-electron chi connectivity index (χ2n) is 5.89. The summed E-state index contributed by atoms with van der Waals surface area (Å²) in [6, 6.07) is 7.20. The molecule has 2 aromatic rings. The second-order valence-corrected chi connectivity index (χ2v) is 5.89. The lowest BCUT2D eigenvalue weighted by Crippen LogP contribution is -2.26. The van der Waals surface area contributed by atoms with E-state index in [9.17, 15) is 9.59 Å². The fourth-order valence-electron chi connectivity index (χ4n) is 2.31. The summed E-state index contributed by atoms with van der Waals surface area (Å²) in [5.41, 5.74) is 0.568. The smallest absolute Gasteiger partial charge is 0.414 e. The van der Waals surface area contributed by atoms with E-state index < -0.39 is 12.2 Å². The number of methoxy groups -OCH3 is 1. The van der Waals surface area contributed by atoms with Crippen molar-refractivity contribution in [2.75, 3.05) is 35.3 Å². The molecule has 0 N–H and O–H groups in total. The fourth-order valence-corrected chi connectivity index (χ4v) is 2.31. The quantitative estimate of drug-likeness (QED) is 0.853. The van der Waals surface area contributed by atoms with Gasteiger partial charge in [0.1, 0.15) is 5.75 Å². The highest BCUT2D eigenvalue weighted by Crippen LogP contribution is 2.45. The molecule has 2 amide bonds. The molecule has 0 aliphatic carbocycles. The van der Waals surface area contributed by atoms with Crippen LogP contribution in [0.15, 0.2) is 24.3 Å². The maximum Gasteiger partial charge on any atom is 0.414 e. The van der Waals surface area contributed by atoms with Gasteiger partial charge < -0.3 is 24.0 Å². The lowest BCUT2D eigenvalue weighted by Gasteiger charge is -2.20. The number of rotatable bonds is 3. The summed E-state index contributed by atoms with van der Waals surface area (Å²) < 4.78 is 16.5. The van der Waals surface area contributed by atoms with Gasteiger partial charge in [0, 0.05) is 44.5 Å². The number of hydrogen-bond acceptors (Lipinski definition) is 5. The van der Waals surface area contributed by atoms with Gasteiger partial charge in [-0.05, 0) is 6.92 Å². The van der Waals surface area contributed by atoms with Gasteiger partial charge in [-0.1, -0.05) is 24.3 Å². The molecule has 0 aromatic heterocycles. The summed E-state index contributed by atoms with van der Waals surface area (Å²) in [5.74, 6) is 1.00. The van der Waals surface area contributed by atoms with E-state index in [-0.39, 0.29) is 0 Å². The van der Waals surface area contributed by atoms with Crippen LogP contribution in [0.3, 0.4) is 0 Å². The Morgan fingerprint density at radius 2 is 1.24 bits per heavy atom. The number of nitrogens with zero attached hydrogens (tertiary/aromatic N) is 2. The largest absolute Gasteiger partial charge is 0.492 e. The Morgan fingerprint density at radius 3 is 1.68 bits per heavy atom. The van der Waals surface area contributed by atoms with Crippen molar-refractivity contribution in [1.82, 2.24) is 9.80 Å². The predicted octanol–water partition coefficient (Wildman–Crippen LogP) is 3.28. The summed E-state index contributed by atoms with van der Waals surface area (Å²) in [6.45, 7) is 1.75. The van der Waals surface area contributed by atoms with Gasteiger partial charge in [-0.25, -0.2) is 9.59 Å². The van der Waals surface area contributed by atoms with Crippen LogP contribution in [0, 0.1) is 6.92 Å². The maximum atomic E-state index is 12.0. The molecule has 25 heavy (non-hydrogen) atoms. The molecule has 0 saturated carbocycles. The maximum absolute atomic E-state index is 12.0. The van der Waals surface area contributed by atoms with E-state index in [0.29, 0.717) is 33.6 Å². The van der Waals surface area contributed by atoms with Crippen LogP contribution in [0.2, 0.25) is 0 Å². The lowest BCUT2D eigenvalue weighted by atomic mass is 10.0. The number of amides is 2. The van der Waals surface area contributed by atoms with Crippen LogP contribution >= 0.6 is 0 Å². The average molecular weight is 346 g/mol. The Kier molecular flexibility index (Phi) is 5.36. The second kappa shape index (κ2) is 7.29. The standard InChI is InChI=1S/C18H22N2O5/c1-11-14(24-17(21)19(2)3)12-9-7-8-10-13(12)16(15(11)23-6)25-18(22)20(4)5/h7-10H,1-6H3. The first kappa shape index (κ1) is 18.4. The number of ether oxygens (including phenoxy) is 3. The number of carbonyl (C=O) groups excluding carboxylic acids is 2. The highest BCUT2D eigenvalue weighted by atomic mass is 16.6. The van der Waals surface area contributed by atoms with Gasteiger partial charge >= 0.3 is 12.2 Å². The minimum atomic E-state index is -0.527. The normalized spacial score (nSPS) is 10.3. The molecule has 2 aromatic carbocycles. The molecule has 134 valence electrons. The third-order valence-electron chi connectivity index (χ3n) is 3.62. The summed E-state index contributed by atoms with van der Waals surface area (Å²) in [6.07, 6.45) is -1.03. The lowest BCUT2D eigenvalue weighted by molar-refractivity contribution is 0.168. The van der Waals surface area contributed by atoms with Crippen LogP contribution in [0.5, 0.6) is 17.2 Å². The first-order valence-electron chi connectivity index (χ1n) is 7.65. The number of hydrogen-bond donors (Lipinski definition) is 0. The molecule has 0 bridgehead atoms. The summed E-state index contributed by atoms with van der Waals surface area (Å²) >= 11 is 0. The number of carbonyl (C=O) groups is 2. The monoisotopic (exact) mass is 346 g/mol. The average Bonchev–Trinajstić information content (AvgIpc) is 2.58. The summed E-state index contributed by atoms with van der Waals surface area (Å²) in [5, 5.41) is 1.26. The van der Waals surface area contributed by atoms with Crippen molar-refractivity contribution in [3.05, 3.63) is 29.8 Å². The van der Waals surface area contributed by atoms with Gasteiger partial charge in [-0.15, -0.1) is 0 Å². The van der Waals surface area contributed by atoms with Crippen molar-refractivity contribution in [3.8, 4) is 17.2 Å². The fraction of sp³-hybridized carbons (Fsp3) is 0.333. The van der Waals surface area contributed by atoms with E-state index in [4.69, 9.17) is 14.2 Å². The molecule has 0 atom stereocenters. The van der Waals surface area contributed by atoms with Crippen LogP contribution in [0.25, 0.3) is 10.8 Å². The van der Waals surface area contributed by atoms with E-state index in [1.165, 1.54) is 16.9 Å². The van der Waals surface area contributed by atoms with Crippen LogP contribution in [-0.2, 0) is 0 Å². The highest BCUT2D eigenvalue weighted by molar-refractivity contribution is 5.99. The minimum absolute atomic E-state index is 0.291. The molecule has 7 heteroatoms. The predicted molar refractivity (Wildman–Crippen MR) is 94.7 cm³/mol. The van der Waals surface area contributed by atoms with E-state index in [0.717, 1.165) is 0 Å². The third kappa shape index (κ3) is 3.60. The van der Waals surface area contributed by atoms with Gasteiger partial charge in [-0.3, -0.25) is 0 Å². The Hall–Kier alpha value is -2.96. The van der Waals surface area contributed by atoms with Crippen molar-refractivity contribution < 1.29 is 23.8 Å². The molecule has 2 rings (SSSR count). The molecule has 0 unspecified atom stereocenters. The number of benzene rings is 2. The molecule has 0 fully saturated rings. The number of fused-ring (bicyclic) bond motifs is 1. The molecule has 7 nitrogen and oxygen atoms in total. The molecular weight excluding hydrogens is 324 g/mol. The molecular formula is C18H22N2O5. The molecule has 0 saturated heterocycles. The van der Waals surface area contributed by atoms with Crippen LogP contribution < -0.4 is 14.2 Å². The van der Waals surface area contributed by atoms with E-state index in [1.54, 1.807) is 47.2 Å². The zero-order valence-corrected chi connectivity index (χ0v) is 15.2. The zero-order valence-electron chi connectivity index (χ0n) is 15.2. The summed E-state index contributed by atoms with van der Waals surface area (Å²) in [7, 11) is 7.87. The van der Waals surface area contributed by atoms with Gasteiger partial charge in [0.15, 0.2) is 11.5 Å². The Labute approximate surface area is 146 Å². The van der Waals surface area contributed by atoms with Gasteiger partial charge in [0.2, 0.25) is 0 Å². The van der Waals surface area contributed by atoms with Crippen LogP contribution in [0.4, 0.5) is 9.59 Å². The highest BCUT2D eigenvalue weighted by Gasteiger charge is 2.24.